The first-order valence-corrected chi connectivity index (χ1v) is 11.2. The van der Waals surface area contributed by atoms with Crippen molar-refractivity contribution in [2.24, 2.45) is 5.10 Å². The van der Waals surface area contributed by atoms with Crippen molar-refractivity contribution in [3.63, 3.8) is 0 Å². The number of phenolic OH excluding ortho intramolecular Hbond substituents is 1. The van der Waals surface area contributed by atoms with E-state index in [4.69, 9.17) is 4.74 Å². The van der Waals surface area contributed by atoms with E-state index in [1.54, 1.807) is 12.1 Å². The molecule has 3 aromatic rings. The topological polar surface area (TPSA) is 76.7 Å². The van der Waals surface area contributed by atoms with Gasteiger partial charge < -0.3 is 9.84 Å². The molecule has 0 aliphatic heterocycles. The molecule has 0 amide bonds. The van der Waals surface area contributed by atoms with Crippen molar-refractivity contribution in [1.29, 1.82) is 0 Å². The summed E-state index contributed by atoms with van der Waals surface area (Å²) in [6, 6.07) is 7.05. The summed E-state index contributed by atoms with van der Waals surface area (Å²) in [5.74, 6) is 0.858. The van der Waals surface area contributed by atoms with Crippen LogP contribution in [0, 0.1) is 0 Å². The first-order valence-electron chi connectivity index (χ1n) is 8.84. The molecule has 152 valence electrons. The van der Waals surface area contributed by atoms with Crippen molar-refractivity contribution in [3.8, 4) is 11.5 Å². The van der Waals surface area contributed by atoms with Crippen molar-refractivity contribution in [2.75, 3.05) is 6.61 Å². The van der Waals surface area contributed by atoms with Crippen LogP contribution in [0.1, 0.15) is 38.1 Å². The van der Waals surface area contributed by atoms with Crippen LogP contribution in [0.25, 0.3) is 10.9 Å². The number of phenols is 1. The number of hydrogen-bond acceptors (Lipinski definition) is 5. The van der Waals surface area contributed by atoms with Gasteiger partial charge in [0.15, 0.2) is 11.5 Å². The zero-order valence-corrected chi connectivity index (χ0v) is 20.7. The lowest BCUT2D eigenvalue weighted by Gasteiger charge is -2.13. The van der Waals surface area contributed by atoms with Gasteiger partial charge in [0.25, 0.3) is 5.56 Å². The first kappa shape index (κ1) is 22.0. The van der Waals surface area contributed by atoms with Crippen molar-refractivity contribution in [3.05, 3.63) is 59.4 Å². The smallest absolute Gasteiger partial charge is 0.282 e. The molecule has 9 heteroatoms. The highest BCUT2D eigenvalue weighted by Gasteiger charge is 2.16. The predicted molar refractivity (Wildman–Crippen MR) is 125 cm³/mol. The number of rotatable bonds is 5. The Bertz CT molecular complexity index is 1170. The lowest BCUT2D eigenvalue weighted by molar-refractivity contribution is 0.317. The average Bonchev–Trinajstić information content (AvgIpc) is 2.68. The second kappa shape index (κ2) is 8.97. The van der Waals surface area contributed by atoms with Gasteiger partial charge in [0.1, 0.15) is 5.82 Å². The third-order valence-corrected chi connectivity index (χ3v) is 6.79. The molecule has 0 bridgehead atoms. The summed E-state index contributed by atoms with van der Waals surface area (Å²) in [4.78, 5) is 17.7. The highest BCUT2D eigenvalue weighted by molar-refractivity contribution is 9.13. The lowest BCUT2D eigenvalue weighted by atomic mass is 10.2. The van der Waals surface area contributed by atoms with Gasteiger partial charge in [0.05, 0.1) is 28.2 Å². The molecule has 3 rings (SSSR count). The molecular weight excluding hydrogens is 570 g/mol. The molecule has 1 N–H and O–H groups in total. The normalized spacial score (nSPS) is 11.7. The van der Waals surface area contributed by atoms with Crippen LogP contribution in [-0.4, -0.2) is 27.6 Å². The zero-order valence-electron chi connectivity index (χ0n) is 15.9. The molecule has 1 aromatic heterocycles. The van der Waals surface area contributed by atoms with Crippen molar-refractivity contribution < 1.29 is 9.84 Å². The summed E-state index contributed by atoms with van der Waals surface area (Å²) in [5.41, 5.74) is 1.00. The van der Waals surface area contributed by atoms with Crippen molar-refractivity contribution in [2.45, 2.75) is 26.7 Å². The molecule has 0 atom stereocenters. The highest BCUT2D eigenvalue weighted by atomic mass is 79.9. The Labute approximate surface area is 193 Å². The molecule has 0 aliphatic carbocycles. The molecule has 0 saturated carbocycles. The minimum Gasteiger partial charge on any atom is -0.503 e. The Morgan fingerprint density at radius 1 is 1.24 bits per heavy atom. The molecular formula is C20H18Br3N3O3. The van der Waals surface area contributed by atoms with Gasteiger partial charge >= 0.3 is 0 Å². The Morgan fingerprint density at radius 3 is 2.62 bits per heavy atom. The second-order valence-electron chi connectivity index (χ2n) is 6.52. The number of benzene rings is 2. The van der Waals surface area contributed by atoms with Gasteiger partial charge in [-0.3, -0.25) is 4.79 Å². The number of fused-ring (bicyclic) bond motifs is 1. The lowest BCUT2D eigenvalue weighted by Crippen LogP contribution is -2.23. The Hall–Kier alpha value is -1.71. The quantitative estimate of drug-likeness (QED) is 0.383. The number of halogens is 3. The Kier molecular flexibility index (Phi) is 6.80. The highest BCUT2D eigenvalue weighted by Crippen LogP contribution is 2.41. The first-order chi connectivity index (χ1) is 13.7. The molecule has 6 nitrogen and oxygen atoms in total. The summed E-state index contributed by atoms with van der Waals surface area (Å²) in [5, 5.41) is 15.1. The van der Waals surface area contributed by atoms with Crippen LogP contribution in [0.3, 0.4) is 0 Å². The molecule has 29 heavy (non-hydrogen) atoms. The number of aromatic hydroxyl groups is 1. The minimum atomic E-state index is -0.254. The van der Waals surface area contributed by atoms with E-state index in [2.05, 4.69) is 57.9 Å². The van der Waals surface area contributed by atoms with E-state index in [9.17, 15) is 9.90 Å². The van der Waals surface area contributed by atoms with E-state index < -0.39 is 0 Å². The van der Waals surface area contributed by atoms with E-state index in [1.165, 1.54) is 10.9 Å². The van der Waals surface area contributed by atoms with Crippen LogP contribution in [0.5, 0.6) is 11.5 Å². The van der Waals surface area contributed by atoms with E-state index in [1.807, 2.05) is 32.9 Å². The molecule has 2 aromatic carbocycles. The monoisotopic (exact) mass is 585 g/mol. The number of hydrogen-bond donors (Lipinski definition) is 1. The largest absolute Gasteiger partial charge is 0.503 e. The summed E-state index contributed by atoms with van der Waals surface area (Å²) in [6.45, 7) is 6.15. The zero-order chi connectivity index (χ0) is 21.3. The predicted octanol–water partition coefficient (Wildman–Crippen LogP) is 5.79. The fourth-order valence-electron chi connectivity index (χ4n) is 2.74. The van der Waals surface area contributed by atoms with Crippen LogP contribution in [0.15, 0.2) is 47.6 Å². The van der Waals surface area contributed by atoms with Gasteiger partial charge in [-0.25, -0.2) is 4.98 Å². The molecule has 0 radical (unpaired) electrons. The third-order valence-electron chi connectivity index (χ3n) is 4.14. The molecule has 0 saturated heterocycles. The number of nitrogens with zero attached hydrogens (tertiary/aromatic N) is 3. The van der Waals surface area contributed by atoms with E-state index in [-0.39, 0.29) is 17.2 Å². The average molecular weight is 588 g/mol. The Morgan fingerprint density at radius 2 is 1.97 bits per heavy atom. The second-order valence-corrected chi connectivity index (χ2v) is 9.02. The van der Waals surface area contributed by atoms with E-state index in [0.29, 0.717) is 43.6 Å². The van der Waals surface area contributed by atoms with Crippen molar-refractivity contribution in [1.82, 2.24) is 9.66 Å². The van der Waals surface area contributed by atoms with Crippen LogP contribution in [-0.2, 0) is 0 Å². The minimum absolute atomic E-state index is 0.00636. The molecule has 0 unspecified atom stereocenters. The van der Waals surface area contributed by atoms with E-state index in [0.717, 1.165) is 4.47 Å². The van der Waals surface area contributed by atoms with Gasteiger partial charge in [-0.05, 0) is 63.0 Å². The standard InChI is InChI=1S/C20H18Br3N3O3/c1-4-29-15-7-11(16(22)17(23)18(15)27)9-24-26-19(10(2)3)25-14-6-5-12(21)8-13(14)20(26)28/h5-10,27H,4H2,1-3H3. The van der Waals surface area contributed by atoms with Gasteiger partial charge in [-0.1, -0.05) is 29.8 Å². The maximum absolute atomic E-state index is 13.1. The van der Waals surface area contributed by atoms with E-state index >= 15 is 0 Å². The molecule has 0 fully saturated rings. The number of aromatic nitrogens is 2. The number of ether oxygens (including phenoxy) is 1. The summed E-state index contributed by atoms with van der Waals surface area (Å²) in [6.07, 6.45) is 1.54. The van der Waals surface area contributed by atoms with Gasteiger partial charge in [-0.15, -0.1) is 0 Å². The maximum Gasteiger partial charge on any atom is 0.282 e. The van der Waals surface area contributed by atoms with Gasteiger partial charge in [-0.2, -0.15) is 9.78 Å². The Balaban J connectivity index is 2.20. The van der Waals surface area contributed by atoms with Crippen molar-refractivity contribution >= 4 is 64.9 Å². The summed E-state index contributed by atoms with van der Waals surface area (Å²) >= 11 is 10.2. The van der Waals surface area contributed by atoms with Gasteiger partial charge in [0.2, 0.25) is 0 Å². The van der Waals surface area contributed by atoms with Crippen LogP contribution >= 0.6 is 47.8 Å². The molecule has 0 aliphatic rings. The maximum atomic E-state index is 13.1. The fourth-order valence-corrected chi connectivity index (χ4v) is 3.93. The van der Waals surface area contributed by atoms with Crippen LogP contribution in [0.4, 0.5) is 0 Å². The summed E-state index contributed by atoms with van der Waals surface area (Å²) < 4.78 is 8.62. The molecule has 1 heterocycles. The molecule has 0 spiro atoms. The summed E-state index contributed by atoms with van der Waals surface area (Å²) in [7, 11) is 0. The van der Waals surface area contributed by atoms with Crippen LogP contribution < -0.4 is 10.3 Å². The third kappa shape index (κ3) is 4.41. The van der Waals surface area contributed by atoms with Crippen LogP contribution in [0.2, 0.25) is 0 Å². The van der Waals surface area contributed by atoms with Gasteiger partial charge in [0, 0.05) is 20.4 Å². The SMILES string of the molecule is CCOc1cc(C=Nn2c(C(C)C)nc3ccc(Br)cc3c2=O)c(Br)c(Br)c1O. The fraction of sp³-hybridized carbons (Fsp3) is 0.250.